The molecule has 5 nitrogen and oxygen atoms in total. The molecule has 1 aromatic carbocycles. The first kappa shape index (κ1) is 17.4. The van der Waals surface area contributed by atoms with Gasteiger partial charge in [0.05, 0.1) is 10.0 Å². The number of pyridine rings is 1. The van der Waals surface area contributed by atoms with Crippen LogP contribution in [-0.4, -0.2) is 26.4 Å². The van der Waals surface area contributed by atoms with Crippen molar-refractivity contribution in [3.05, 3.63) is 51.8 Å². The average Bonchev–Trinajstić information content (AvgIpc) is 2.45. The van der Waals surface area contributed by atoms with Crippen LogP contribution < -0.4 is 5.43 Å². The van der Waals surface area contributed by atoms with E-state index < -0.39 is 0 Å². The van der Waals surface area contributed by atoms with Gasteiger partial charge in [-0.05, 0) is 39.0 Å². The van der Waals surface area contributed by atoms with Gasteiger partial charge in [0, 0.05) is 23.4 Å². The highest BCUT2D eigenvalue weighted by molar-refractivity contribution is 6.42. The number of rotatable bonds is 3. The van der Waals surface area contributed by atoms with Crippen LogP contribution in [0, 0.1) is 0 Å². The highest BCUT2D eigenvalue weighted by atomic mass is 35.5. The first-order valence-electron chi connectivity index (χ1n) is 6.86. The zero-order valence-corrected chi connectivity index (χ0v) is 14.4. The number of hydrazone groups is 1. The van der Waals surface area contributed by atoms with Crippen molar-refractivity contribution in [1.29, 1.82) is 0 Å². The molecule has 7 heteroatoms. The van der Waals surface area contributed by atoms with Gasteiger partial charge in [-0.3, -0.25) is 4.98 Å². The lowest BCUT2D eigenvalue weighted by Gasteiger charge is -2.19. The fraction of sp³-hybridized carbons (Fsp3) is 0.250. The standard InChI is InChI=1S/C16H17Cl2N3O2/c1-16(2,3)21-20-14(15-12(22)5-4-6-19-15)9-7-10(17)11(18)8-13(9)23/h4-8,21-23H,1-3H3/b20-14-. The second-order valence-electron chi connectivity index (χ2n) is 5.98. The quantitative estimate of drug-likeness (QED) is 0.576. The maximum atomic E-state index is 10.2. The summed E-state index contributed by atoms with van der Waals surface area (Å²) in [5.41, 5.74) is 3.43. The summed E-state index contributed by atoms with van der Waals surface area (Å²) in [6, 6.07) is 5.90. The van der Waals surface area contributed by atoms with Gasteiger partial charge in [0.15, 0.2) is 0 Å². The van der Waals surface area contributed by atoms with E-state index in [2.05, 4.69) is 15.5 Å². The molecule has 0 amide bonds. The van der Waals surface area contributed by atoms with Crippen LogP contribution in [0.3, 0.4) is 0 Å². The number of nitrogens with one attached hydrogen (secondary N) is 1. The zero-order valence-electron chi connectivity index (χ0n) is 12.9. The SMILES string of the molecule is CC(C)(C)N/N=C(/c1cc(Cl)c(Cl)cc1O)c1ncccc1O. The molecule has 1 aromatic heterocycles. The normalized spacial score (nSPS) is 12.3. The topological polar surface area (TPSA) is 77.7 Å². The third-order valence-corrected chi connectivity index (χ3v) is 3.53. The number of phenolic OH excluding ortho intramolecular Hbond substituents is 1. The zero-order chi connectivity index (χ0) is 17.2. The molecule has 0 unspecified atom stereocenters. The van der Waals surface area contributed by atoms with Crippen LogP contribution in [0.1, 0.15) is 32.0 Å². The minimum Gasteiger partial charge on any atom is -0.507 e. The van der Waals surface area contributed by atoms with Crippen molar-refractivity contribution in [3.8, 4) is 11.5 Å². The number of nitrogens with zero attached hydrogens (tertiary/aromatic N) is 2. The van der Waals surface area contributed by atoms with Gasteiger partial charge in [-0.15, -0.1) is 0 Å². The molecule has 122 valence electrons. The first-order valence-corrected chi connectivity index (χ1v) is 7.62. The van der Waals surface area contributed by atoms with Gasteiger partial charge < -0.3 is 15.6 Å². The van der Waals surface area contributed by atoms with E-state index in [1.807, 2.05) is 20.8 Å². The van der Waals surface area contributed by atoms with Crippen LogP contribution in [0.2, 0.25) is 10.0 Å². The molecule has 0 saturated carbocycles. The molecule has 2 aromatic rings. The lowest BCUT2D eigenvalue weighted by Crippen LogP contribution is -2.32. The Bertz CT molecular complexity index is 755. The molecule has 0 aliphatic carbocycles. The predicted octanol–water partition coefficient (Wildman–Crippen LogP) is 3.94. The summed E-state index contributed by atoms with van der Waals surface area (Å²) < 4.78 is 0. The van der Waals surface area contributed by atoms with Crippen molar-refractivity contribution < 1.29 is 10.2 Å². The second kappa shape index (κ2) is 6.64. The third kappa shape index (κ3) is 4.27. The van der Waals surface area contributed by atoms with Gasteiger partial charge >= 0.3 is 0 Å². The van der Waals surface area contributed by atoms with Crippen LogP contribution >= 0.6 is 23.2 Å². The number of hydrogen-bond donors (Lipinski definition) is 3. The molecule has 0 spiro atoms. The fourth-order valence-electron chi connectivity index (χ4n) is 1.77. The number of aromatic nitrogens is 1. The van der Waals surface area contributed by atoms with Gasteiger partial charge in [0.25, 0.3) is 0 Å². The maximum Gasteiger partial charge on any atom is 0.143 e. The fourth-order valence-corrected chi connectivity index (χ4v) is 2.09. The first-order chi connectivity index (χ1) is 10.7. The molecular weight excluding hydrogens is 337 g/mol. The van der Waals surface area contributed by atoms with Crippen LogP contribution in [0.5, 0.6) is 11.5 Å². The molecule has 0 radical (unpaired) electrons. The van der Waals surface area contributed by atoms with Crippen LogP contribution in [0.25, 0.3) is 0 Å². The van der Waals surface area contributed by atoms with Crippen LogP contribution in [0.15, 0.2) is 35.6 Å². The lowest BCUT2D eigenvalue weighted by molar-refractivity contribution is 0.439. The van der Waals surface area contributed by atoms with Gasteiger partial charge in [-0.25, -0.2) is 0 Å². The Labute approximate surface area is 144 Å². The van der Waals surface area contributed by atoms with Crippen molar-refractivity contribution in [2.24, 2.45) is 5.10 Å². The van der Waals surface area contributed by atoms with E-state index >= 15 is 0 Å². The molecule has 0 fully saturated rings. The van der Waals surface area contributed by atoms with E-state index in [1.165, 1.54) is 24.4 Å². The molecule has 0 aliphatic heterocycles. The monoisotopic (exact) mass is 353 g/mol. The molecule has 0 aliphatic rings. The Morgan fingerprint density at radius 3 is 2.39 bits per heavy atom. The van der Waals surface area contributed by atoms with Crippen molar-refractivity contribution in [2.45, 2.75) is 26.3 Å². The van der Waals surface area contributed by atoms with Crippen molar-refractivity contribution in [1.82, 2.24) is 10.4 Å². The second-order valence-corrected chi connectivity index (χ2v) is 6.79. The number of phenols is 1. The number of hydrogen-bond acceptors (Lipinski definition) is 5. The Balaban J connectivity index is 2.64. The molecular formula is C16H17Cl2N3O2. The van der Waals surface area contributed by atoms with E-state index in [4.69, 9.17) is 23.2 Å². The minimum atomic E-state index is -0.318. The van der Waals surface area contributed by atoms with Gasteiger partial charge in [0.1, 0.15) is 22.9 Å². The van der Waals surface area contributed by atoms with Crippen molar-refractivity contribution in [3.63, 3.8) is 0 Å². The van der Waals surface area contributed by atoms with E-state index in [1.54, 1.807) is 6.07 Å². The summed E-state index contributed by atoms with van der Waals surface area (Å²) in [6.45, 7) is 5.79. The number of benzene rings is 1. The molecule has 23 heavy (non-hydrogen) atoms. The van der Waals surface area contributed by atoms with E-state index in [-0.39, 0.29) is 38.5 Å². The van der Waals surface area contributed by atoms with Gasteiger partial charge in [0.2, 0.25) is 0 Å². The van der Waals surface area contributed by atoms with Gasteiger partial charge in [-0.1, -0.05) is 23.2 Å². The Kier molecular flexibility index (Phi) is 5.02. The predicted molar refractivity (Wildman–Crippen MR) is 92.6 cm³/mol. The molecule has 0 bridgehead atoms. The summed E-state index contributed by atoms with van der Waals surface area (Å²) >= 11 is 12.0. The molecule has 0 saturated heterocycles. The minimum absolute atomic E-state index is 0.0626. The smallest absolute Gasteiger partial charge is 0.143 e. The Morgan fingerprint density at radius 2 is 1.78 bits per heavy atom. The summed E-state index contributed by atoms with van der Waals surface area (Å²) in [4.78, 5) is 4.14. The third-order valence-electron chi connectivity index (χ3n) is 2.81. The molecule has 1 heterocycles. The van der Waals surface area contributed by atoms with E-state index in [0.717, 1.165) is 0 Å². The summed E-state index contributed by atoms with van der Waals surface area (Å²) in [5.74, 6) is -0.175. The average molecular weight is 354 g/mol. The molecule has 2 rings (SSSR count). The Morgan fingerprint density at radius 1 is 1.13 bits per heavy atom. The van der Waals surface area contributed by atoms with E-state index in [0.29, 0.717) is 5.56 Å². The van der Waals surface area contributed by atoms with E-state index in [9.17, 15) is 10.2 Å². The maximum absolute atomic E-state index is 10.2. The molecule has 0 atom stereocenters. The Hall–Kier alpha value is -1.98. The van der Waals surface area contributed by atoms with Crippen molar-refractivity contribution >= 4 is 28.9 Å². The summed E-state index contributed by atoms with van der Waals surface area (Å²) in [7, 11) is 0. The van der Waals surface area contributed by atoms with Crippen LogP contribution in [0.4, 0.5) is 0 Å². The number of halogens is 2. The van der Waals surface area contributed by atoms with Crippen LogP contribution in [-0.2, 0) is 0 Å². The largest absolute Gasteiger partial charge is 0.507 e. The molecule has 3 N–H and O–H groups in total. The summed E-state index contributed by atoms with van der Waals surface area (Å²) in [6.07, 6.45) is 1.52. The van der Waals surface area contributed by atoms with Crippen molar-refractivity contribution in [2.75, 3.05) is 0 Å². The summed E-state index contributed by atoms with van der Waals surface area (Å²) in [5, 5.41) is 25.1. The van der Waals surface area contributed by atoms with Gasteiger partial charge in [-0.2, -0.15) is 5.10 Å². The lowest BCUT2D eigenvalue weighted by atomic mass is 10.0. The highest BCUT2D eigenvalue weighted by Gasteiger charge is 2.20. The number of aromatic hydroxyl groups is 2. The highest BCUT2D eigenvalue weighted by Crippen LogP contribution is 2.32.